The molecule has 2 saturated heterocycles. The molecule has 4 fully saturated rings. The Morgan fingerprint density at radius 3 is 1.14 bits per heavy atom. The molecule has 2 heterocycles. The third kappa shape index (κ3) is 9.84. The third-order valence-electron chi connectivity index (χ3n) is 15.8. The first-order valence-corrected chi connectivity index (χ1v) is 26.3. The fraction of sp³-hybridized carbons (Fsp3) is 0.483. The highest BCUT2D eigenvalue weighted by atomic mass is 19.4. The highest BCUT2D eigenvalue weighted by Crippen LogP contribution is 2.49. The molecule has 4 aromatic carbocycles. The monoisotopic (exact) mass is 1060 g/mol. The molecule has 406 valence electrons. The molecule has 2 saturated carbocycles. The molecular formula is C58H66F6N6O6. The average Bonchev–Trinajstić information content (AvgIpc) is 3.76. The number of nitrogens with one attached hydrogen (secondary N) is 2. The van der Waals surface area contributed by atoms with Crippen LogP contribution in [0.3, 0.4) is 0 Å². The summed E-state index contributed by atoms with van der Waals surface area (Å²) in [7, 11) is 0. The van der Waals surface area contributed by atoms with E-state index in [2.05, 4.69) is 10.6 Å². The van der Waals surface area contributed by atoms with Gasteiger partial charge in [0.15, 0.2) is 12.1 Å². The minimum Gasteiger partial charge on any atom is -0.324 e. The number of alkyl halides is 6. The summed E-state index contributed by atoms with van der Waals surface area (Å²) in [5.41, 5.74) is -3.17. The van der Waals surface area contributed by atoms with E-state index in [0.29, 0.717) is 70.6 Å². The van der Waals surface area contributed by atoms with Crippen LogP contribution in [-0.2, 0) is 31.5 Å². The lowest BCUT2D eigenvalue weighted by Crippen LogP contribution is -2.65. The van der Waals surface area contributed by atoms with Gasteiger partial charge in [-0.05, 0) is 114 Å². The van der Waals surface area contributed by atoms with E-state index < -0.39 is 82.3 Å². The van der Waals surface area contributed by atoms with Crippen molar-refractivity contribution < 1.29 is 55.1 Å². The van der Waals surface area contributed by atoms with E-state index in [-0.39, 0.29) is 72.1 Å². The molecule has 0 bridgehead atoms. The fourth-order valence-corrected chi connectivity index (χ4v) is 12.0. The van der Waals surface area contributed by atoms with E-state index in [1.807, 2.05) is 61.5 Å². The highest BCUT2D eigenvalue weighted by molar-refractivity contribution is 6.23. The lowest BCUT2D eigenvalue weighted by Gasteiger charge is -2.39. The maximum atomic E-state index is 16.2. The van der Waals surface area contributed by atoms with Gasteiger partial charge in [-0.3, -0.25) is 29.0 Å². The number of amides is 8. The summed E-state index contributed by atoms with van der Waals surface area (Å²) < 4.78 is 85.7. The number of imide groups is 2. The van der Waals surface area contributed by atoms with E-state index in [1.54, 1.807) is 30.3 Å². The molecule has 2 atom stereocenters. The van der Waals surface area contributed by atoms with E-state index in [9.17, 15) is 26.3 Å². The van der Waals surface area contributed by atoms with Gasteiger partial charge in [-0.2, -0.15) is 26.3 Å². The molecule has 8 amide bonds. The van der Waals surface area contributed by atoms with Crippen molar-refractivity contribution in [1.29, 1.82) is 0 Å². The molecule has 8 rings (SSSR count). The molecule has 2 N–H and O–H groups in total. The predicted molar refractivity (Wildman–Crippen MR) is 278 cm³/mol. The second-order valence-electron chi connectivity index (χ2n) is 22.0. The summed E-state index contributed by atoms with van der Waals surface area (Å²) in [5, 5.41) is 5.96. The Hall–Kier alpha value is -6.72. The van der Waals surface area contributed by atoms with Crippen LogP contribution < -0.4 is 20.4 Å². The largest absolute Gasteiger partial charge is 0.416 e. The molecule has 2 aliphatic carbocycles. The molecule has 4 aromatic rings. The molecule has 2 unspecified atom stereocenters. The SMILES string of the molecule is CC(C)c1cccc(C(C)C)c1NC(=O)C(C(C(=O)Nc1c(C(C)C)cccc1C(C)C)N1C(=O)N(c2cccc(C(F)(F)F)c2)C2(CCCCC2)C1=O)N1C(=O)N(c2ccc(C(F)(F)F)cc2)C2(CCCCC2)C1=O. The van der Waals surface area contributed by atoms with Crippen LogP contribution in [0, 0.1) is 0 Å². The number of carbonyl (C=O) groups is 6. The number of anilines is 4. The van der Waals surface area contributed by atoms with Gasteiger partial charge in [-0.15, -0.1) is 0 Å². The maximum Gasteiger partial charge on any atom is 0.416 e. The standard InChI is InChI=1S/C58H66F6N6O6/c1-33(2)41-20-16-21-42(34(3)4)45(41)65-49(71)47(67-51(73)55(28-11-9-12-29-55)69(53(67)75)39-26-24-37(25-27-39)57(59,60)61)48(50(72)66-46-43(35(5)6)22-17-23-44(46)36(7)8)68-52(74)56(30-13-10-14-31-56)70(54(68)76)40-19-15-18-38(32-40)58(62,63)64/h15-27,32-36,47-48H,9-14,28-31H2,1-8H3,(H,65,71)(H,66,72). The van der Waals surface area contributed by atoms with Gasteiger partial charge in [0.25, 0.3) is 11.8 Å². The van der Waals surface area contributed by atoms with Crippen LogP contribution in [-0.4, -0.2) is 68.7 Å². The number of carbonyl (C=O) groups excluding carboxylic acids is 6. The number of hydrogen-bond donors (Lipinski definition) is 2. The Balaban J connectivity index is 1.43. The first kappa shape index (κ1) is 55.5. The zero-order chi connectivity index (χ0) is 55.4. The second-order valence-corrected chi connectivity index (χ2v) is 22.0. The molecule has 12 nitrogen and oxygen atoms in total. The van der Waals surface area contributed by atoms with Gasteiger partial charge >= 0.3 is 24.4 Å². The number of nitrogens with zero attached hydrogens (tertiary/aromatic N) is 4. The third-order valence-corrected chi connectivity index (χ3v) is 15.8. The van der Waals surface area contributed by atoms with Gasteiger partial charge in [-0.25, -0.2) is 19.4 Å². The summed E-state index contributed by atoms with van der Waals surface area (Å²) in [5.74, 6) is -5.29. The molecular weight excluding hydrogens is 991 g/mol. The van der Waals surface area contributed by atoms with Crippen molar-refractivity contribution >= 4 is 58.4 Å². The van der Waals surface area contributed by atoms with Crippen molar-refractivity contribution in [2.45, 2.75) is 179 Å². The Labute approximate surface area is 439 Å². The molecule has 0 radical (unpaired) electrons. The normalized spacial score (nSPS) is 18.8. The summed E-state index contributed by atoms with van der Waals surface area (Å²) in [6.07, 6.45) is -7.05. The molecule has 18 heteroatoms. The van der Waals surface area contributed by atoms with E-state index >= 15 is 28.8 Å². The first-order chi connectivity index (χ1) is 35.8. The van der Waals surface area contributed by atoms with Crippen LogP contribution in [0.5, 0.6) is 0 Å². The van der Waals surface area contributed by atoms with Crippen molar-refractivity contribution in [2.75, 3.05) is 20.4 Å². The van der Waals surface area contributed by atoms with Crippen LogP contribution in [0.15, 0.2) is 84.9 Å². The molecule has 2 spiro atoms. The van der Waals surface area contributed by atoms with Crippen molar-refractivity contribution in [2.24, 2.45) is 0 Å². The minimum absolute atomic E-state index is 0.00149. The minimum atomic E-state index is -4.88. The number of urea groups is 2. The smallest absolute Gasteiger partial charge is 0.324 e. The van der Waals surface area contributed by atoms with Crippen LogP contribution in [0.25, 0.3) is 0 Å². The summed E-state index contributed by atoms with van der Waals surface area (Å²) in [6, 6.07) is 11.1. The zero-order valence-electron chi connectivity index (χ0n) is 44.1. The Bertz CT molecular complexity index is 2850. The average molecular weight is 1060 g/mol. The van der Waals surface area contributed by atoms with E-state index in [4.69, 9.17) is 0 Å². The van der Waals surface area contributed by atoms with Crippen molar-refractivity contribution in [1.82, 2.24) is 9.80 Å². The Morgan fingerprint density at radius 1 is 0.461 bits per heavy atom. The number of para-hydroxylation sites is 2. The van der Waals surface area contributed by atoms with Crippen LogP contribution >= 0.6 is 0 Å². The molecule has 76 heavy (non-hydrogen) atoms. The molecule has 4 aliphatic rings. The lowest BCUT2D eigenvalue weighted by atomic mass is 9.79. The topological polar surface area (TPSA) is 139 Å². The van der Waals surface area contributed by atoms with Gasteiger partial charge in [0.2, 0.25) is 11.8 Å². The Morgan fingerprint density at radius 2 is 0.803 bits per heavy atom. The van der Waals surface area contributed by atoms with Gasteiger partial charge in [0.1, 0.15) is 11.1 Å². The summed E-state index contributed by atoms with van der Waals surface area (Å²) in [4.78, 5) is 99.4. The van der Waals surface area contributed by atoms with Gasteiger partial charge in [0.05, 0.1) is 11.1 Å². The van der Waals surface area contributed by atoms with E-state index in [1.165, 1.54) is 6.07 Å². The first-order valence-electron chi connectivity index (χ1n) is 26.3. The van der Waals surface area contributed by atoms with Crippen LogP contribution in [0.2, 0.25) is 0 Å². The van der Waals surface area contributed by atoms with Gasteiger partial charge in [0, 0.05) is 22.7 Å². The quantitative estimate of drug-likeness (QED) is 0.101. The van der Waals surface area contributed by atoms with Gasteiger partial charge in [-0.1, -0.05) is 136 Å². The van der Waals surface area contributed by atoms with Crippen LogP contribution in [0.1, 0.15) is 177 Å². The number of hydrogen-bond acceptors (Lipinski definition) is 6. The van der Waals surface area contributed by atoms with Gasteiger partial charge < -0.3 is 10.6 Å². The molecule has 2 aliphatic heterocycles. The van der Waals surface area contributed by atoms with Crippen molar-refractivity contribution in [3.05, 3.63) is 118 Å². The number of benzene rings is 4. The second kappa shape index (κ2) is 21.0. The number of rotatable bonds is 13. The highest BCUT2D eigenvalue weighted by Gasteiger charge is 2.67. The van der Waals surface area contributed by atoms with Crippen molar-refractivity contribution in [3.8, 4) is 0 Å². The van der Waals surface area contributed by atoms with Crippen LogP contribution in [0.4, 0.5) is 58.7 Å². The lowest BCUT2D eigenvalue weighted by molar-refractivity contribution is -0.145. The number of halogens is 6. The maximum absolute atomic E-state index is 16.2. The zero-order valence-corrected chi connectivity index (χ0v) is 44.1. The fourth-order valence-electron chi connectivity index (χ4n) is 12.0. The van der Waals surface area contributed by atoms with E-state index in [0.717, 1.165) is 52.3 Å². The Kier molecular flexibility index (Phi) is 15.3. The summed E-state index contributed by atoms with van der Waals surface area (Å²) in [6.45, 7) is 15.1. The summed E-state index contributed by atoms with van der Waals surface area (Å²) >= 11 is 0. The predicted octanol–water partition coefficient (Wildman–Crippen LogP) is 13.9. The molecule has 0 aromatic heterocycles. The van der Waals surface area contributed by atoms with Crippen molar-refractivity contribution in [3.63, 3.8) is 0 Å².